The minimum Gasteiger partial charge on any atom is -0.294 e. The zero-order valence-electron chi connectivity index (χ0n) is 7.45. The van der Waals surface area contributed by atoms with Gasteiger partial charge in [0.2, 0.25) is 0 Å². The Balaban J connectivity index is 2.24. The van der Waals surface area contributed by atoms with E-state index in [0.29, 0.717) is 0 Å². The van der Waals surface area contributed by atoms with Gasteiger partial charge in [-0.05, 0) is 18.6 Å². The highest BCUT2D eigenvalue weighted by atomic mass is 16.1. The molecule has 0 aliphatic heterocycles. The molecule has 0 fully saturated rings. The zero-order chi connectivity index (χ0) is 9.05. The summed E-state index contributed by atoms with van der Waals surface area (Å²) < 4.78 is 0. The molecule has 0 aromatic heterocycles. The van der Waals surface area contributed by atoms with Crippen molar-refractivity contribution in [2.45, 2.75) is 6.92 Å². The van der Waals surface area contributed by atoms with Crippen LogP contribution < -0.4 is 0 Å². The summed E-state index contributed by atoms with van der Waals surface area (Å²) in [6, 6.07) is 0. The average Bonchev–Trinajstić information content (AvgIpc) is 2.46. The Morgan fingerprint density at radius 3 is 3.00 bits per heavy atom. The van der Waals surface area contributed by atoms with Gasteiger partial charge in [-0.25, -0.2) is 0 Å². The Kier molecular flexibility index (Phi) is 1.05. The summed E-state index contributed by atoms with van der Waals surface area (Å²) in [6.07, 6.45) is 12.1. The first kappa shape index (κ1) is 7.07. The fourth-order valence-electron chi connectivity index (χ4n) is 2.70. The van der Waals surface area contributed by atoms with Gasteiger partial charge in [-0.1, -0.05) is 36.0 Å². The molecule has 0 aromatic rings. The molecule has 64 valence electrons. The third-order valence-corrected chi connectivity index (χ3v) is 3.26. The van der Waals surface area contributed by atoms with E-state index in [-0.39, 0.29) is 17.1 Å². The molecule has 1 heteroatoms. The molecule has 1 spiro atoms. The molecule has 0 bridgehead atoms. The van der Waals surface area contributed by atoms with E-state index in [1.54, 1.807) is 6.08 Å². The van der Waals surface area contributed by atoms with Crippen LogP contribution in [0.25, 0.3) is 0 Å². The Bertz CT molecular complexity index is 420. The molecule has 0 saturated heterocycles. The number of rotatable bonds is 0. The fraction of sp³-hybridized carbons (Fsp3) is 0.250. The van der Waals surface area contributed by atoms with Gasteiger partial charge in [0, 0.05) is 5.41 Å². The van der Waals surface area contributed by atoms with E-state index in [0.717, 1.165) is 0 Å². The number of carbonyl (C=O) groups is 1. The Labute approximate surface area is 77.1 Å². The minimum atomic E-state index is -0.0457. The molecule has 0 N–H and O–H groups in total. The standard InChI is InChI=1S/C12H10O/c1-8-7-12-6-2-3-9(12)4-5-10(13)11(8)12/h2-7,11H,1H3. The van der Waals surface area contributed by atoms with Crippen molar-refractivity contribution in [3.8, 4) is 0 Å². The van der Waals surface area contributed by atoms with Crippen molar-refractivity contribution < 1.29 is 4.79 Å². The van der Waals surface area contributed by atoms with Crippen LogP contribution in [-0.4, -0.2) is 5.78 Å². The van der Waals surface area contributed by atoms with E-state index in [1.165, 1.54) is 11.1 Å². The summed E-state index contributed by atoms with van der Waals surface area (Å²) in [5.41, 5.74) is 2.44. The first-order valence-electron chi connectivity index (χ1n) is 4.55. The molecule has 3 aliphatic carbocycles. The Hall–Kier alpha value is -1.37. The SMILES string of the molecule is CC1=CC23C=CC=C2C=CC(=O)C13. The predicted octanol–water partition coefficient (Wildman–Crippen LogP) is 2.18. The van der Waals surface area contributed by atoms with E-state index < -0.39 is 0 Å². The highest BCUT2D eigenvalue weighted by Crippen LogP contribution is 2.56. The smallest absolute Gasteiger partial charge is 0.164 e. The van der Waals surface area contributed by atoms with E-state index >= 15 is 0 Å². The topological polar surface area (TPSA) is 17.1 Å². The first-order chi connectivity index (χ1) is 6.24. The maximum absolute atomic E-state index is 11.6. The lowest BCUT2D eigenvalue weighted by molar-refractivity contribution is -0.119. The Morgan fingerprint density at radius 2 is 2.23 bits per heavy atom. The summed E-state index contributed by atoms with van der Waals surface area (Å²) in [5, 5.41) is 0. The molecule has 1 nitrogen and oxygen atoms in total. The molecule has 2 atom stereocenters. The number of hydrogen-bond acceptors (Lipinski definition) is 1. The maximum atomic E-state index is 11.6. The zero-order valence-corrected chi connectivity index (χ0v) is 7.45. The van der Waals surface area contributed by atoms with Gasteiger partial charge in [0.25, 0.3) is 0 Å². The fourth-order valence-corrected chi connectivity index (χ4v) is 2.70. The van der Waals surface area contributed by atoms with Crippen molar-refractivity contribution >= 4 is 5.78 Å². The van der Waals surface area contributed by atoms with Crippen LogP contribution in [0.4, 0.5) is 0 Å². The van der Waals surface area contributed by atoms with Gasteiger partial charge in [0.05, 0.1) is 5.92 Å². The quantitative estimate of drug-likeness (QED) is 0.509. The Morgan fingerprint density at radius 1 is 1.38 bits per heavy atom. The van der Waals surface area contributed by atoms with Crippen LogP contribution >= 0.6 is 0 Å². The molecule has 0 heterocycles. The molecule has 0 radical (unpaired) electrons. The van der Waals surface area contributed by atoms with Crippen LogP contribution in [0.3, 0.4) is 0 Å². The molecule has 0 amide bonds. The average molecular weight is 170 g/mol. The highest BCUT2D eigenvalue weighted by Gasteiger charge is 2.51. The maximum Gasteiger partial charge on any atom is 0.164 e. The van der Waals surface area contributed by atoms with Gasteiger partial charge in [-0.15, -0.1) is 0 Å². The molecule has 13 heavy (non-hydrogen) atoms. The number of allylic oxidation sites excluding steroid dienone is 8. The van der Waals surface area contributed by atoms with Crippen LogP contribution in [-0.2, 0) is 4.79 Å². The summed E-state index contributed by atoms with van der Waals surface area (Å²) >= 11 is 0. The minimum absolute atomic E-state index is 0.0457. The highest BCUT2D eigenvalue weighted by molar-refractivity contribution is 5.99. The van der Waals surface area contributed by atoms with E-state index in [1.807, 2.05) is 19.1 Å². The molecule has 0 saturated carbocycles. The lowest BCUT2D eigenvalue weighted by Gasteiger charge is -2.45. The van der Waals surface area contributed by atoms with Gasteiger partial charge in [0.1, 0.15) is 0 Å². The van der Waals surface area contributed by atoms with E-state index in [2.05, 4.69) is 18.2 Å². The predicted molar refractivity (Wildman–Crippen MR) is 51.1 cm³/mol. The molecule has 2 unspecified atom stereocenters. The second-order valence-electron chi connectivity index (χ2n) is 3.97. The van der Waals surface area contributed by atoms with Crippen LogP contribution in [0.15, 0.2) is 47.6 Å². The number of hydrogen-bond donors (Lipinski definition) is 0. The molecular formula is C12H10O. The summed E-state index contributed by atoms with van der Waals surface area (Å²) in [5.74, 6) is 0.353. The third kappa shape index (κ3) is 0.624. The van der Waals surface area contributed by atoms with Crippen molar-refractivity contribution in [3.05, 3.63) is 47.6 Å². The van der Waals surface area contributed by atoms with Gasteiger partial charge in [-0.3, -0.25) is 4.79 Å². The number of carbonyl (C=O) groups excluding carboxylic acids is 1. The van der Waals surface area contributed by atoms with Gasteiger partial charge < -0.3 is 0 Å². The summed E-state index contributed by atoms with van der Waals surface area (Å²) in [6.45, 7) is 2.04. The van der Waals surface area contributed by atoms with Crippen LogP contribution in [0, 0.1) is 11.3 Å². The number of ketones is 1. The lowest BCUT2D eigenvalue weighted by atomic mass is 9.56. The van der Waals surface area contributed by atoms with Gasteiger partial charge in [0.15, 0.2) is 5.78 Å². The molecular weight excluding hydrogens is 160 g/mol. The van der Waals surface area contributed by atoms with Crippen LogP contribution in [0.2, 0.25) is 0 Å². The van der Waals surface area contributed by atoms with E-state index in [9.17, 15) is 4.79 Å². The summed E-state index contributed by atoms with van der Waals surface area (Å²) in [7, 11) is 0. The lowest BCUT2D eigenvalue weighted by Crippen LogP contribution is -2.42. The van der Waals surface area contributed by atoms with E-state index in [4.69, 9.17) is 0 Å². The second-order valence-corrected chi connectivity index (χ2v) is 3.97. The van der Waals surface area contributed by atoms with Crippen molar-refractivity contribution in [3.63, 3.8) is 0 Å². The van der Waals surface area contributed by atoms with Gasteiger partial charge in [-0.2, -0.15) is 0 Å². The van der Waals surface area contributed by atoms with Crippen molar-refractivity contribution in [2.75, 3.05) is 0 Å². The normalized spacial score (nSPS) is 39.2. The molecule has 3 aliphatic rings. The van der Waals surface area contributed by atoms with Crippen molar-refractivity contribution in [2.24, 2.45) is 11.3 Å². The van der Waals surface area contributed by atoms with Crippen LogP contribution in [0.5, 0.6) is 0 Å². The van der Waals surface area contributed by atoms with Crippen LogP contribution in [0.1, 0.15) is 6.92 Å². The third-order valence-electron chi connectivity index (χ3n) is 3.26. The van der Waals surface area contributed by atoms with Crippen molar-refractivity contribution in [1.82, 2.24) is 0 Å². The van der Waals surface area contributed by atoms with Gasteiger partial charge >= 0.3 is 0 Å². The monoisotopic (exact) mass is 170 g/mol. The molecule has 3 rings (SSSR count). The summed E-state index contributed by atoms with van der Waals surface area (Å²) in [4.78, 5) is 11.6. The second kappa shape index (κ2) is 1.92. The van der Waals surface area contributed by atoms with Crippen molar-refractivity contribution in [1.29, 1.82) is 0 Å². The largest absolute Gasteiger partial charge is 0.294 e. The molecule has 0 aromatic carbocycles. The first-order valence-corrected chi connectivity index (χ1v) is 4.55.